The van der Waals surface area contributed by atoms with Crippen LogP contribution in [-0.4, -0.2) is 31.5 Å². The summed E-state index contributed by atoms with van der Waals surface area (Å²) in [6, 6.07) is 3.81. The van der Waals surface area contributed by atoms with E-state index >= 15 is 0 Å². The Hall–Kier alpha value is -2.06. The van der Waals surface area contributed by atoms with Gasteiger partial charge < -0.3 is 4.57 Å². The lowest BCUT2D eigenvalue weighted by Gasteiger charge is -2.07. The van der Waals surface area contributed by atoms with Crippen molar-refractivity contribution in [3.8, 4) is 5.82 Å². The second-order valence-electron chi connectivity index (χ2n) is 4.65. The molecule has 0 aliphatic carbocycles. The van der Waals surface area contributed by atoms with Crippen LogP contribution in [0.4, 0.5) is 5.13 Å². The summed E-state index contributed by atoms with van der Waals surface area (Å²) in [5.74, 6) is 0.513. The Kier molecular flexibility index (Phi) is 4.04. The lowest BCUT2D eigenvalue weighted by Crippen LogP contribution is -2.14. The Labute approximate surface area is 136 Å². The van der Waals surface area contributed by atoms with E-state index in [1.54, 1.807) is 22.6 Å². The first-order valence-corrected chi connectivity index (χ1v) is 8.62. The fourth-order valence-corrected chi connectivity index (χ4v) is 3.77. The molecule has 22 heavy (non-hydrogen) atoms. The molecule has 1 amide bonds. The van der Waals surface area contributed by atoms with Gasteiger partial charge in [0.25, 0.3) is 5.91 Å². The third kappa shape index (κ3) is 2.67. The summed E-state index contributed by atoms with van der Waals surface area (Å²) in [5, 5.41) is 7.65. The number of rotatable bonds is 4. The zero-order valence-electron chi connectivity index (χ0n) is 12.4. The van der Waals surface area contributed by atoms with Gasteiger partial charge in [-0.2, -0.15) is 5.10 Å². The number of aromatic nitrogens is 4. The lowest BCUT2D eigenvalue weighted by molar-refractivity contribution is 0.102. The smallest absolute Gasteiger partial charge is 0.262 e. The fourth-order valence-electron chi connectivity index (χ4n) is 2.16. The van der Waals surface area contributed by atoms with E-state index in [4.69, 9.17) is 0 Å². The number of amides is 1. The number of thiazole rings is 1. The molecule has 0 atom stereocenters. The van der Waals surface area contributed by atoms with Gasteiger partial charge in [-0.15, -0.1) is 11.8 Å². The summed E-state index contributed by atoms with van der Waals surface area (Å²) in [5.41, 5.74) is 1.45. The van der Waals surface area contributed by atoms with Crippen molar-refractivity contribution in [2.45, 2.75) is 11.1 Å². The van der Waals surface area contributed by atoms with Crippen LogP contribution in [0, 0.1) is 6.92 Å². The number of anilines is 1. The molecule has 0 aliphatic rings. The van der Waals surface area contributed by atoms with Gasteiger partial charge in [0, 0.05) is 19.4 Å². The van der Waals surface area contributed by atoms with Crippen LogP contribution in [-0.2, 0) is 7.05 Å². The standard InChI is InChI=1S/C14H15N5OS2/c1-9-13(21-3)22-14(16-9)17-11(20)10-8-15-18(2)12(10)19-6-4-5-7-19/h4-8H,1-3H3,(H,16,17,20). The molecule has 0 aromatic carbocycles. The lowest BCUT2D eigenvalue weighted by atomic mass is 10.3. The minimum absolute atomic E-state index is 0.210. The number of hydrogen-bond donors (Lipinski definition) is 1. The zero-order valence-corrected chi connectivity index (χ0v) is 14.0. The minimum Gasteiger partial charge on any atom is -0.308 e. The number of nitrogens with one attached hydrogen (secondary N) is 1. The molecule has 0 fully saturated rings. The largest absolute Gasteiger partial charge is 0.308 e. The summed E-state index contributed by atoms with van der Waals surface area (Å²) in [6.07, 6.45) is 7.33. The Morgan fingerprint density at radius 3 is 2.73 bits per heavy atom. The Morgan fingerprint density at radius 1 is 1.36 bits per heavy atom. The third-order valence-corrected chi connectivity index (χ3v) is 5.44. The van der Waals surface area contributed by atoms with Gasteiger partial charge in [-0.05, 0) is 25.3 Å². The summed E-state index contributed by atoms with van der Waals surface area (Å²) in [4.78, 5) is 16.9. The van der Waals surface area contributed by atoms with Gasteiger partial charge in [-0.3, -0.25) is 14.8 Å². The third-order valence-electron chi connectivity index (χ3n) is 3.16. The number of hydrogen-bond acceptors (Lipinski definition) is 5. The van der Waals surface area contributed by atoms with Crippen LogP contribution in [0.5, 0.6) is 0 Å². The van der Waals surface area contributed by atoms with E-state index in [-0.39, 0.29) is 5.91 Å². The Morgan fingerprint density at radius 2 is 2.09 bits per heavy atom. The Bertz CT molecular complexity index is 803. The Balaban J connectivity index is 1.90. The van der Waals surface area contributed by atoms with E-state index < -0.39 is 0 Å². The molecule has 3 aromatic heterocycles. The zero-order chi connectivity index (χ0) is 15.7. The summed E-state index contributed by atoms with van der Waals surface area (Å²) in [7, 11) is 1.81. The quantitative estimate of drug-likeness (QED) is 0.746. The van der Waals surface area contributed by atoms with Gasteiger partial charge in [0.15, 0.2) is 5.13 Å². The molecule has 0 unspecified atom stereocenters. The van der Waals surface area contributed by atoms with Crippen LogP contribution in [0.15, 0.2) is 34.9 Å². The van der Waals surface area contributed by atoms with Crippen molar-refractivity contribution in [3.05, 3.63) is 42.0 Å². The van der Waals surface area contributed by atoms with Crippen molar-refractivity contribution < 1.29 is 4.79 Å². The van der Waals surface area contributed by atoms with Gasteiger partial charge in [0.05, 0.1) is 16.1 Å². The van der Waals surface area contributed by atoms with Crippen molar-refractivity contribution in [1.82, 2.24) is 19.3 Å². The van der Waals surface area contributed by atoms with Gasteiger partial charge in [-0.25, -0.2) is 4.98 Å². The van der Waals surface area contributed by atoms with Gasteiger partial charge in [-0.1, -0.05) is 11.3 Å². The molecule has 0 radical (unpaired) electrons. The molecule has 1 N–H and O–H groups in total. The number of nitrogens with zero attached hydrogens (tertiary/aromatic N) is 4. The van der Waals surface area contributed by atoms with E-state index in [1.807, 2.05) is 49.3 Å². The maximum Gasteiger partial charge on any atom is 0.262 e. The molecule has 0 aliphatic heterocycles. The molecule has 6 nitrogen and oxygen atoms in total. The topological polar surface area (TPSA) is 64.7 Å². The number of thioether (sulfide) groups is 1. The second kappa shape index (κ2) is 5.98. The van der Waals surface area contributed by atoms with E-state index in [1.165, 1.54) is 11.3 Å². The normalized spacial score (nSPS) is 10.9. The molecular formula is C14H15N5OS2. The van der Waals surface area contributed by atoms with Crippen LogP contribution in [0.2, 0.25) is 0 Å². The first-order valence-electron chi connectivity index (χ1n) is 6.58. The molecule has 3 heterocycles. The first kappa shape index (κ1) is 14.9. The minimum atomic E-state index is -0.210. The number of aryl methyl sites for hydroxylation is 2. The van der Waals surface area contributed by atoms with Crippen molar-refractivity contribution in [2.24, 2.45) is 7.05 Å². The highest BCUT2D eigenvalue weighted by Gasteiger charge is 2.19. The van der Waals surface area contributed by atoms with E-state index in [0.717, 1.165) is 15.7 Å². The van der Waals surface area contributed by atoms with Crippen LogP contribution in [0.25, 0.3) is 5.82 Å². The predicted molar refractivity (Wildman–Crippen MR) is 89.1 cm³/mol. The molecule has 3 rings (SSSR count). The highest BCUT2D eigenvalue weighted by Crippen LogP contribution is 2.30. The van der Waals surface area contributed by atoms with Crippen LogP contribution >= 0.6 is 23.1 Å². The second-order valence-corrected chi connectivity index (χ2v) is 6.72. The molecular weight excluding hydrogens is 318 g/mol. The van der Waals surface area contributed by atoms with E-state index in [0.29, 0.717) is 10.7 Å². The molecule has 8 heteroatoms. The van der Waals surface area contributed by atoms with Crippen molar-refractivity contribution >= 4 is 34.1 Å². The van der Waals surface area contributed by atoms with Gasteiger partial charge in [0.1, 0.15) is 11.4 Å². The van der Waals surface area contributed by atoms with Crippen LogP contribution in [0.3, 0.4) is 0 Å². The highest BCUT2D eigenvalue weighted by atomic mass is 32.2. The summed E-state index contributed by atoms with van der Waals surface area (Å²) in [6.45, 7) is 1.94. The highest BCUT2D eigenvalue weighted by molar-refractivity contribution is 8.00. The molecule has 3 aromatic rings. The van der Waals surface area contributed by atoms with E-state index in [2.05, 4.69) is 15.4 Å². The van der Waals surface area contributed by atoms with Crippen LogP contribution in [0.1, 0.15) is 16.1 Å². The van der Waals surface area contributed by atoms with Crippen LogP contribution < -0.4 is 5.32 Å². The molecule has 0 saturated carbocycles. The first-order chi connectivity index (χ1) is 10.6. The van der Waals surface area contributed by atoms with Crippen molar-refractivity contribution in [2.75, 3.05) is 11.6 Å². The molecule has 0 saturated heterocycles. The molecule has 0 bridgehead atoms. The average molecular weight is 333 g/mol. The van der Waals surface area contributed by atoms with Gasteiger partial charge >= 0.3 is 0 Å². The maximum atomic E-state index is 12.5. The predicted octanol–water partition coefficient (Wildman–Crippen LogP) is 2.95. The average Bonchev–Trinajstić information content (AvgIpc) is 3.18. The summed E-state index contributed by atoms with van der Waals surface area (Å²) >= 11 is 3.11. The summed E-state index contributed by atoms with van der Waals surface area (Å²) < 4.78 is 4.64. The van der Waals surface area contributed by atoms with E-state index in [9.17, 15) is 4.79 Å². The SMILES string of the molecule is CSc1sc(NC(=O)c2cnn(C)c2-n2cccc2)nc1C. The number of carbonyl (C=O) groups excluding carboxylic acids is 1. The van der Waals surface area contributed by atoms with Gasteiger partial charge in [0.2, 0.25) is 0 Å². The van der Waals surface area contributed by atoms with Crippen molar-refractivity contribution in [3.63, 3.8) is 0 Å². The maximum absolute atomic E-state index is 12.5. The van der Waals surface area contributed by atoms with Crippen molar-refractivity contribution in [1.29, 1.82) is 0 Å². The fraction of sp³-hybridized carbons (Fsp3) is 0.214. The molecule has 114 valence electrons. The molecule has 0 spiro atoms. The number of carbonyl (C=O) groups is 1. The monoisotopic (exact) mass is 333 g/mol.